The molecule has 9 nitrogen and oxygen atoms in total. The average molecular weight is 513 g/mol. The Morgan fingerprint density at radius 1 is 1.06 bits per heavy atom. The van der Waals surface area contributed by atoms with Crippen LogP contribution in [0.3, 0.4) is 0 Å². The molecule has 1 heterocycles. The summed E-state index contributed by atoms with van der Waals surface area (Å²) in [6.45, 7) is 1.25. The zero-order valence-corrected chi connectivity index (χ0v) is 20.7. The van der Waals surface area contributed by atoms with Gasteiger partial charge in [0.25, 0.3) is 0 Å². The fourth-order valence-corrected chi connectivity index (χ4v) is 5.96. The molecule has 1 fully saturated rings. The van der Waals surface area contributed by atoms with Gasteiger partial charge in [0, 0.05) is 37.0 Å². The van der Waals surface area contributed by atoms with Crippen LogP contribution in [0.1, 0.15) is 18.5 Å². The van der Waals surface area contributed by atoms with Crippen LogP contribution in [-0.2, 0) is 14.6 Å². The lowest BCUT2D eigenvalue weighted by Gasteiger charge is -2.18. The molecular formula is C24H28N6O3S2. The van der Waals surface area contributed by atoms with E-state index in [0.717, 1.165) is 11.3 Å². The summed E-state index contributed by atoms with van der Waals surface area (Å²) in [5.74, 6) is 0.857. The zero-order valence-electron chi connectivity index (χ0n) is 19.1. The van der Waals surface area contributed by atoms with Crippen molar-refractivity contribution >= 4 is 38.7 Å². The first-order valence-corrected chi connectivity index (χ1v) is 13.2. The van der Waals surface area contributed by atoms with Crippen molar-refractivity contribution in [2.75, 3.05) is 36.9 Å². The number of aromatic nitrogens is 2. The fourth-order valence-electron chi connectivity index (χ4n) is 3.75. The minimum atomic E-state index is -3.65. The number of hydrogen-bond donors (Lipinski definition) is 5. The summed E-state index contributed by atoms with van der Waals surface area (Å²) < 4.78 is 26.0. The summed E-state index contributed by atoms with van der Waals surface area (Å²) in [7, 11) is -3.65. The van der Waals surface area contributed by atoms with Gasteiger partial charge in [-0.05, 0) is 61.5 Å². The van der Waals surface area contributed by atoms with Crippen molar-refractivity contribution in [2.24, 2.45) is 5.73 Å². The third-order valence-corrected chi connectivity index (χ3v) is 8.50. The van der Waals surface area contributed by atoms with E-state index in [1.165, 1.54) is 0 Å². The molecule has 0 atom stereocenters. The number of sulfone groups is 1. The molecule has 0 saturated heterocycles. The molecule has 0 aliphatic heterocycles. The van der Waals surface area contributed by atoms with Crippen LogP contribution < -0.4 is 21.7 Å². The number of nitrogens with two attached hydrogens (primary N) is 1. The second-order valence-corrected chi connectivity index (χ2v) is 10.8. The first-order valence-electron chi connectivity index (χ1n) is 11.3. The number of aliphatic hydroxyl groups excluding tert-OH is 1. The highest BCUT2D eigenvalue weighted by atomic mass is 32.2. The van der Waals surface area contributed by atoms with Crippen LogP contribution in [0.2, 0.25) is 0 Å². The van der Waals surface area contributed by atoms with Crippen molar-refractivity contribution in [2.45, 2.75) is 22.5 Å². The van der Waals surface area contributed by atoms with Crippen LogP contribution in [-0.4, -0.2) is 54.8 Å². The van der Waals surface area contributed by atoms with Gasteiger partial charge >= 0.3 is 0 Å². The van der Waals surface area contributed by atoms with Gasteiger partial charge in [-0.3, -0.25) is 0 Å². The molecule has 4 rings (SSSR count). The van der Waals surface area contributed by atoms with Gasteiger partial charge in [-0.25, -0.2) is 18.4 Å². The maximum absolute atomic E-state index is 13.6. The summed E-state index contributed by atoms with van der Waals surface area (Å²) in [6.07, 6.45) is 0.965. The van der Waals surface area contributed by atoms with E-state index in [9.17, 15) is 13.5 Å². The monoisotopic (exact) mass is 512 g/mol. The van der Waals surface area contributed by atoms with Crippen LogP contribution in [0.5, 0.6) is 0 Å². The van der Waals surface area contributed by atoms with Crippen molar-refractivity contribution in [3.63, 3.8) is 0 Å². The number of thiocarbonyl (C=S) groups is 1. The second kappa shape index (κ2) is 10.6. The summed E-state index contributed by atoms with van der Waals surface area (Å²) in [5, 5.41) is 18.9. The Morgan fingerprint density at radius 2 is 1.77 bits per heavy atom. The van der Waals surface area contributed by atoms with Crippen molar-refractivity contribution in [3.8, 4) is 11.4 Å². The molecular weight excluding hydrogens is 484 g/mol. The van der Waals surface area contributed by atoms with Crippen molar-refractivity contribution in [1.29, 1.82) is 0 Å². The standard InChI is InChI=1S/C24H28N6O3S2/c25-12-13-27-23(34)28-18-8-6-17(7-9-18)22-29-20(16-21(30-22)26-14-15-31)24(10-11-24)35(32,33)19-4-2-1-3-5-19/h1-9,16,31H,10-15,25H2,(H,26,29,30)(H2,27,28,34). The quantitative estimate of drug-likeness (QED) is 0.257. The summed E-state index contributed by atoms with van der Waals surface area (Å²) >= 11 is 5.24. The first-order chi connectivity index (χ1) is 16.9. The molecule has 1 aliphatic rings. The molecule has 6 N–H and O–H groups in total. The Labute approximate surface area is 210 Å². The van der Waals surface area contributed by atoms with E-state index in [0.29, 0.717) is 48.4 Å². The highest BCUT2D eigenvalue weighted by molar-refractivity contribution is 7.92. The second-order valence-electron chi connectivity index (χ2n) is 8.17. The Bertz CT molecular complexity index is 1280. The first kappa shape index (κ1) is 25.0. The normalized spacial score (nSPS) is 14.2. The minimum Gasteiger partial charge on any atom is -0.395 e. The number of rotatable bonds is 10. The van der Waals surface area contributed by atoms with E-state index in [1.54, 1.807) is 36.4 Å². The van der Waals surface area contributed by atoms with E-state index in [1.807, 2.05) is 24.3 Å². The SMILES string of the molecule is NCCNC(=S)Nc1ccc(-c2nc(NCCO)cc(C3(S(=O)(=O)c4ccccc4)CC3)n2)cc1. The van der Waals surface area contributed by atoms with E-state index < -0.39 is 14.6 Å². The van der Waals surface area contributed by atoms with Gasteiger partial charge in [0.1, 0.15) is 10.6 Å². The average Bonchev–Trinajstić information content (AvgIpc) is 3.70. The third-order valence-electron chi connectivity index (χ3n) is 5.71. The lowest BCUT2D eigenvalue weighted by molar-refractivity contribution is 0.311. The van der Waals surface area contributed by atoms with Gasteiger partial charge < -0.3 is 26.8 Å². The van der Waals surface area contributed by atoms with Crippen LogP contribution in [0, 0.1) is 0 Å². The maximum Gasteiger partial charge on any atom is 0.189 e. The lowest BCUT2D eigenvalue weighted by Crippen LogP contribution is -2.32. The summed E-state index contributed by atoms with van der Waals surface area (Å²) in [6, 6.07) is 17.5. The van der Waals surface area contributed by atoms with Gasteiger partial charge in [-0.15, -0.1) is 0 Å². The number of nitrogens with one attached hydrogen (secondary N) is 3. The lowest BCUT2D eigenvalue weighted by atomic mass is 10.1. The van der Waals surface area contributed by atoms with Crippen molar-refractivity contribution < 1.29 is 13.5 Å². The smallest absolute Gasteiger partial charge is 0.189 e. The minimum absolute atomic E-state index is 0.0827. The van der Waals surface area contributed by atoms with Crippen LogP contribution in [0.25, 0.3) is 11.4 Å². The van der Waals surface area contributed by atoms with Crippen LogP contribution in [0.15, 0.2) is 65.6 Å². The number of anilines is 2. The van der Waals surface area contributed by atoms with Crippen LogP contribution in [0.4, 0.5) is 11.5 Å². The molecule has 1 saturated carbocycles. The molecule has 3 aromatic rings. The summed E-state index contributed by atoms with van der Waals surface area (Å²) in [4.78, 5) is 9.55. The molecule has 0 spiro atoms. The largest absolute Gasteiger partial charge is 0.395 e. The molecule has 2 aromatic carbocycles. The van der Waals surface area contributed by atoms with Gasteiger partial charge in [0.2, 0.25) is 0 Å². The number of hydrogen-bond acceptors (Lipinski definition) is 8. The van der Waals surface area contributed by atoms with Gasteiger partial charge in [-0.2, -0.15) is 0 Å². The number of aliphatic hydroxyl groups is 1. The molecule has 184 valence electrons. The third kappa shape index (κ3) is 5.43. The zero-order chi connectivity index (χ0) is 24.9. The molecule has 0 radical (unpaired) electrons. The number of benzene rings is 2. The Balaban J connectivity index is 1.67. The van der Waals surface area contributed by atoms with Gasteiger partial charge in [0.15, 0.2) is 20.8 Å². The van der Waals surface area contributed by atoms with Crippen molar-refractivity contribution in [1.82, 2.24) is 15.3 Å². The molecule has 0 bridgehead atoms. The van der Waals surface area contributed by atoms with Gasteiger partial charge in [-0.1, -0.05) is 18.2 Å². The molecule has 0 unspecified atom stereocenters. The van der Waals surface area contributed by atoms with E-state index >= 15 is 0 Å². The van der Waals surface area contributed by atoms with Crippen LogP contribution >= 0.6 is 12.2 Å². The Hall–Kier alpha value is -3.12. The molecule has 35 heavy (non-hydrogen) atoms. The Morgan fingerprint density at radius 3 is 2.40 bits per heavy atom. The van der Waals surface area contributed by atoms with Gasteiger partial charge in [0.05, 0.1) is 17.2 Å². The Kier molecular flexibility index (Phi) is 7.60. The molecule has 11 heteroatoms. The highest BCUT2D eigenvalue weighted by Crippen LogP contribution is 2.55. The summed E-state index contributed by atoms with van der Waals surface area (Å²) in [5.41, 5.74) is 7.43. The molecule has 1 aromatic heterocycles. The van der Waals surface area contributed by atoms with E-state index in [4.69, 9.17) is 22.9 Å². The fraction of sp³-hybridized carbons (Fsp3) is 0.292. The number of nitrogens with zero attached hydrogens (tertiary/aromatic N) is 2. The predicted molar refractivity (Wildman–Crippen MR) is 141 cm³/mol. The molecule has 0 amide bonds. The predicted octanol–water partition coefficient (Wildman–Crippen LogP) is 2.26. The maximum atomic E-state index is 13.6. The van der Waals surface area contributed by atoms with Crippen molar-refractivity contribution in [3.05, 3.63) is 66.4 Å². The van der Waals surface area contributed by atoms with E-state index in [2.05, 4.69) is 20.9 Å². The van der Waals surface area contributed by atoms with E-state index in [-0.39, 0.29) is 18.0 Å². The highest BCUT2D eigenvalue weighted by Gasteiger charge is 2.57. The molecule has 1 aliphatic carbocycles. The topological polar surface area (TPSA) is 142 Å².